The number of carbonyl (C=O) groups excluding carboxylic acids is 1. The van der Waals surface area contributed by atoms with E-state index in [1.807, 2.05) is 35.8 Å². The molecule has 1 atom stereocenters. The van der Waals surface area contributed by atoms with Crippen molar-refractivity contribution in [1.29, 1.82) is 0 Å². The summed E-state index contributed by atoms with van der Waals surface area (Å²) >= 11 is 0. The van der Waals surface area contributed by atoms with Gasteiger partial charge in [-0.2, -0.15) is 0 Å². The molecule has 0 bridgehead atoms. The number of carbonyl (C=O) groups is 1. The van der Waals surface area contributed by atoms with E-state index in [1.54, 1.807) is 50.1 Å². The van der Waals surface area contributed by atoms with E-state index in [9.17, 15) is 9.59 Å². The quantitative estimate of drug-likeness (QED) is 0.154. The lowest BCUT2D eigenvalue weighted by molar-refractivity contribution is 0.0588. The summed E-state index contributed by atoms with van der Waals surface area (Å²) in [5.41, 5.74) is 9.65. The van der Waals surface area contributed by atoms with E-state index in [-0.39, 0.29) is 28.7 Å². The maximum atomic E-state index is 15.9. The van der Waals surface area contributed by atoms with E-state index in [1.165, 1.54) is 12.1 Å². The van der Waals surface area contributed by atoms with Crippen molar-refractivity contribution in [3.05, 3.63) is 107 Å². The van der Waals surface area contributed by atoms with Gasteiger partial charge >= 0.3 is 0 Å². The van der Waals surface area contributed by atoms with Crippen LogP contribution >= 0.6 is 0 Å². The van der Waals surface area contributed by atoms with E-state index in [0.717, 1.165) is 30.5 Å². The lowest BCUT2D eigenvalue weighted by atomic mass is 9.99. The SMILES string of the molecule is COc1cc(-c2cnc(N)c(-c3ccc(NC(=O)c4cn(CC5CCOCC5)cc(-c5ccc(C)cn5)c4=O)cc3F)c2)ccc1OC[C@H]1COCCN1. The molecular weight excluding hydrogens is 691 g/mol. The van der Waals surface area contributed by atoms with Crippen LogP contribution in [0, 0.1) is 18.7 Å². The second kappa shape index (κ2) is 16.6. The number of hydrogen-bond acceptors (Lipinski definition) is 10. The molecule has 12 nitrogen and oxygen atoms in total. The van der Waals surface area contributed by atoms with E-state index in [0.29, 0.717) is 79.4 Å². The average Bonchev–Trinajstić information content (AvgIpc) is 3.19. The molecule has 0 radical (unpaired) electrons. The Labute approximate surface area is 312 Å². The number of aromatic nitrogens is 3. The standard InChI is InChI=1S/C41H43FN6O6/c1-25-3-7-36(45-18-25)33-21-48(20-26-9-12-52-13-10-26)22-34(39(33)49)41(50)47-29-5-6-31(35(42)17-29)32-15-28(19-46-40(32)43)27-4-8-37(38(16-27)51-2)54-24-30-23-53-14-11-44-30/h3-8,15-19,21-22,26,30,44H,9-14,20,23-24H2,1-2H3,(H2,43,46)(H,47,50)/t30-/m1/s1. The van der Waals surface area contributed by atoms with Crippen LogP contribution in [0.5, 0.6) is 11.5 Å². The summed E-state index contributed by atoms with van der Waals surface area (Å²) in [5.74, 6) is 0.292. The van der Waals surface area contributed by atoms with Crippen LogP contribution in [0.15, 0.2) is 84.2 Å². The molecule has 0 saturated carbocycles. The van der Waals surface area contributed by atoms with Gasteiger partial charge in [0.1, 0.15) is 23.8 Å². The first kappa shape index (κ1) is 36.7. The van der Waals surface area contributed by atoms with E-state index < -0.39 is 17.2 Å². The zero-order valence-electron chi connectivity index (χ0n) is 30.3. The monoisotopic (exact) mass is 734 g/mol. The molecule has 0 spiro atoms. The summed E-state index contributed by atoms with van der Waals surface area (Å²) in [6.45, 7) is 6.31. The van der Waals surface area contributed by atoms with Gasteiger partial charge in [0.25, 0.3) is 5.91 Å². The third kappa shape index (κ3) is 8.44. The molecule has 0 unspecified atom stereocenters. The number of nitrogens with two attached hydrogens (primary N) is 1. The molecule has 1 amide bonds. The van der Waals surface area contributed by atoms with Gasteiger partial charge in [0.15, 0.2) is 11.5 Å². The Balaban J connectivity index is 1.12. The van der Waals surface area contributed by atoms with Crippen molar-refractivity contribution < 1.29 is 28.1 Å². The number of amides is 1. The number of pyridine rings is 3. The Morgan fingerprint density at radius 1 is 0.963 bits per heavy atom. The van der Waals surface area contributed by atoms with E-state index in [4.69, 9.17) is 24.7 Å². The number of halogens is 1. The first-order valence-electron chi connectivity index (χ1n) is 18.0. The minimum atomic E-state index is -0.658. The number of aryl methyl sites for hydroxylation is 1. The number of benzene rings is 2. The molecule has 280 valence electrons. The van der Waals surface area contributed by atoms with Gasteiger partial charge in [-0.1, -0.05) is 12.1 Å². The van der Waals surface area contributed by atoms with Crippen LogP contribution in [0.3, 0.4) is 0 Å². The molecular formula is C41H43FN6O6. The van der Waals surface area contributed by atoms with Crippen LogP contribution in [0.25, 0.3) is 33.5 Å². The van der Waals surface area contributed by atoms with Crippen molar-refractivity contribution >= 4 is 17.4 Å². The van der Waals surface area contributed by atoms with E-state index in [2.05, 4.69) is 20.6 Å². The molecule has 5 aromatic rings. The molecule has 5 heterocycles. The molecule has 13 heteroatoms. The first-order valence-corrected chi connectivity index (χ1v) is 18.0. The number of nitrogens with one attached hydrogen (secondary N) is 2. The predicted molar refractivity (Wildman–Crippen MR) is 204 cm³/mol. The molecule has 7 rings (SSSR count). The summed E-state index contributed by atoms with van der Waals surface area (Å²) in [5, 5.41) is 6.08. The average molecular weight is 735 g/mol. The van der Waals surface area contributed by atoms with Gasteiger partial charge in [-0.05, 0) is 79.3 Å². The summed E-state index contributed by atoms with van der Waals surface area (Å²) in [7, 11) is 1.57. The number of nitrogen functional groups attached to an aromatic ring is 1. The highest BCUT2D eigenvalue weighted by atomic mass is 19.1. The molecule has 0 aliphatic carbocycles. The Kier molecular flexibility index (Phi) is 11.3. The maximum absolute atomic E-state index is 15.9. The van der Waals surface area contributed by atoms with E-state index >= 15 is 4.39 Å². The van der Waals surface area contributed by atoms with Crippen molar-refractivity contribution in [2.75, 3.05) is 57.7 Å². The van der Waals surface area contributed by atoms with Crippen LogP contribution in [-0.2, 0) is 16.0 Å². The molecule has 2 aromatic carbocycles. The summed E-state index contributed by atoms with van der Waals surface area (Å²) in [6.07, 6.45) is 8.36. The lowest BCUT2D eigenvalue weighted by Gasteiger charge is -2.24. The second-order valence-corrected chi connectivity index (χ2v) is 13.6. The van der Waals surface area contributed by atoms with Crippen molar-refractivity contribution in [2.24, 2.45) is 5.92 Å². The van der Waals surface area contributed by atoms with Crippen molar-refractivity contribution in [1.82, 2.24) is 19.9 Å². The third-order valence-corrected chi connectivity index (χ3v) is 9.69. The minimum Gasteiger partial charge on any atom is -0.493 e. The van der Waals surface area contributed by atoms with Gasteiger partial charge in [0.05, 0.1) is 37.6 Å². The molecule has 2 aliphatic heterocycles. The van der Waals surface area contributed by atoms with Crippen LogP contribution in [0.2, 0.25) is 0 Å². The lowest BCUT2D eigenvalue weighted by Crippen LogP contribution is -2.44. The molecule has 2 saturated heterocycles. The summed E-state index contributed by atoms with van der Waals surface area (Å²) in [4.78, 5) is 36.2. The smallest absolute Gasteiger partial charge is 0.261 e. The fraction of sp³-hybridized carbons (Fsp3) is 0.317. The Bertz CT molecular complexity index is 2180. The highest BCUT2D eigenvalue weighted by Gasteiger charge is 2.21. The van der Waals surface area contributed by atoms with Gasteiger partial charge < -0.3 is 39.9 Å². The molecule has 3 aromatic heterocycles. The van der Waals surface area contributed by atoms with Crippen LogP contribution in [0.4, 0.5) is 15.9 Å². The van der Waals surface area contributed by atoms with Gasteiger partial charge in [-0.15, -0.1) is 0 Å². The Hall–Kier alpha value is -5.63. The predicted octanol–water partition coefficient (Wildman–Crippen LogP) is 5.72. The summed E-state index contributed by atoms with van der Waals surface area (Å²) < 4.78 is 40.4. The van der Waals surface area contributed by atoms with Gasteiger partial charge in [-0.25, -0.2) is 9.37 Å². The van der Waals surface area contributed by atoms with Crippen molar-refractivity contribution in [3.8, 4) is 45.0 Å². The fourth-order valence-corrected chi connectivity index (χ4v) is 6.68. The van der Waals surface area contributed by atoms with Crippen LogP contribution in [0.1, 0.15) is 28.8 Å². The number of hydrogen-bond donors (Lipinski definition) is 3. The van der Waals surface area contributed by atoms with Crippen molar-refractivity contribution in [3.63, 3.8) is 0 Å². The maximum Gasteiger partial charge on any atom is 0.261 e. The highest BCUT2D eigenvalue weighted by molar-refractivity contribution is 6.04. The molecule has 2 fully saturated rings. The Morgan fingerprint density at radius 2 is 1.81 bits per heavy atom. The largest absolute Gasteiger partial charge is 0.493 e. The Morgan fingerprint density at radius 3 is 2.56 bits per heavy atom. The minimum absolute atomic E-state index is 0.0703. The number of nitrogens with zero attached hydrogens (tertiary/aromatic N) is 3. The van der Waals surface area contributed by atoms with Gasteiger partial charge in [0, 0.05) is 73.5 Å². The normalized spacial score (nSPS) is 16.2. The van der Waals surface area contributed by atoms with Crippen molar-refractivity contribution in [2.45, 2.75) is 32.4 Å². The fourth-order valence-electron chi connectivity index (χ4n) is 6.68. The molecule has 2 aliphatic rings. The highest BCUT2D eigenvalue weighted by Crippen LogP contribution is 2.36. The zero-order valence-corrected chi connectivity index (χ0v) is 30.3. The zero-order chi connectivity index (χ0) is 37.6. The molecule has 54 heavy (non-hydrogen) atoms. The second-order valence-electron chi connectivity index (χ2n) is 13.6. The summed E-state index contributed by atoms with van der Waals surface area (Å²) in [6, 6.07) is 15.3. The topological polar surface area (TPSA) is 152 Å². The number of methoxy groups -OCH3 is 1. The third-order valence-electron chi connectivity index (χ3n) is 9.69. The molecule has 4 N–H and O–H groups in total. The number of morpholine rings is 1. The van der Waals surface area contributed by atoms with Gasteiger partial charge in [-0.3, -0.25) is 14.6 Å². The number of anilines is 2. The first-order chi connectivity index (χ1) is 26.2. The number of rotatable bonds is 11. The number of ether oxygens (including phenoxy) is 4. The van der Waals surface area contributed by atoms with Crippen LogP contribution in [-0.4, -0.2) is 73.2 Å². The van der Waals surface area contributed by atoms with Crippen LogP contribution < -0.4 is 31.3 Å². The van der Waals surface area contributed by atoms with Gasteiger partial charge in [0.2, 0.25) is 5.43 Å².